The van der Waals surface area contributed by atoms with Crippen LogP contribution in [-0.2, 0) is 4.79 Å². The Morgan fingerprint density at radius 2 is 1.85 bits per heavy atom. The van der Waals surface area contributed by atoms with Crippen LogP contribution < -0.4 is 0 Å². The van der Waals surface area contributed by atoms with Gasteiger partial charge >= 0.3 is 12.0 Å². The number of nitrogens with zero attached hydrogens (tertiary/aromatic N) is 3. The summed E-state index contributed by atoms with van der Waals surface area (Å²) < 4.78 is 0. The van der Waals surface area contributed by atoms with Crippen LogP contribution in [0.1, 0.15) is 32.1 Å². The average Bonchev–Trinajstić information content (AvgIpc) is 2.46. The van der Waals surface area contributed by atoms with Gasteiger partial charge in [-0.15, -0.1) is 0 Å². The Morgan fingerprint density at radius 1 is 1.10 bits per heavy atom. The predicted molar refractivity (Wildman–Crippen MR) is 75.7 cm³/mol. The Labute approximate surface area is 120 Å². The van der Waals surface area contributed by atoms with E-state index in [2.05, 4.69) is 4.90 Å². The minimum absolute atomic E-state index is 0.0938. The van der Waals surface area contributed by atoms with Crippen LogP contribution in [0.3, 0.4) is 0 Å². The number of hydrogen-bond donors (Lipinski definition) is 1. The number of likely N-dealkylation sites (N-methyl/N-ethyl adjacent to an activating group) is 1. The maximum atomic E-state index is 12.6. The maximum Gasteiger partial charge on any atom is 0.326 e. The monoisotopic (exact) mass is 283 g/mol. The Bertz CT molecular complexity index is 373. The van der Waals surface area contributed by atoms with Crippen molar-refractivity contribution in [3.05, 3.63) is 0 Å². The normalized spacial score (nSPS) is 27.8. The molecule has 0 aromatic heterocycles. The van der Waals surface area contributed by atoms with Crippen molar-refractivity contribution in [1.82, 2.24) is 14.7 Å². The summed E-state index contributed by atoms with van der Waals surface area (Å²) in [6, 6.07) is -0.361. The lowest BCUT2D eigenvalue weighted by Crippen LogP contribution is -2.56. The topological polar surface area (TPSA) is 64.1 Å². The molecule has 0 saturated carbocycles. The molecule has 114 valence electrons. The van der Waals surface area contributed by atoms with Crippen molar-refractivity contribution >= 4 is 12.0 Å². The van der Waals surface area contributed by atoms with Crippen LogP contribution in [0.5, 0.6) is 0 Å². The lowest BCUT2D eigenvalue weighted by molar-refractivity contribution is -0.143. The minimum Gasteiger partial charge on any atom is -0.480 e. The highest BCUT2D eigenvalue weighted by atomic mass is 16.4. The molecule has 6 nitrogen and oxygen atoms in total. The Hall–Kier alpha value is -1.30. The van der Waals surface area contributed by atoms with Gasteiger partial charge in [0.2, 0.25) is 0 Å². The van der Waals surface area contributed by atoms with Gasteiger partial charge in [-0.1, -0.05) is 0 Å². The van der Waals surface area contributed by atoms with E-state index in [1.807, 2.05) is 19.0 Å². The van der Waals surface area contributed by atoms with E-state index in [9.17, 15) is 14.7 Å². The molecule has 0 bridgehead atoms. The van der Waals surface area contributed by atoms with Gasteiger partial charge in [-0.05, 0) is 46.2 Å². The zero-order chi connectivity index (χ0) is 14.7. The molecule has 2 amide bonds. The molecule has 0 spiro atoms. The first-order chi connectivity index (χ1) is 9.50. The summed E-state index contributed by atoms with van der Waals surface area (Å²) in [5.41, 5.74) is 0. The van der Waals surface area contributed by atoms with Gasteiger partial charge in [0, 0.05) is 25.7 Å². The predicted octanol–water partition coefficient (Wildman–Crippen LogP) is 1.07. The molecule has 1 N–H and O–H groups in total. The Kier molecular flexibility index (Phi) is 4.86. The molecule has 2 saturated heterocycles. The molecule has 2 atom stereocenters. The number of amides is 2. The van der Waals surface area contributed by atoms with Crippen LogP contribution in [0.25, 0.3) is 0 Å². The quantitative estimate of drug-likeness (QED) is 0.823. The largest absolute Gasteiger partial charge is 0.480 e. The second kappa shape index (κ2) is 6.43. The number of piperidine rings is 2. The highest BCUT2D eigenvalue weighted by Gasteiger charge is 2.36. The molecule has 0 aromatic rings. The molecule has 20 heavy (non-hydrogen) atoms. The maximum absolute atomic E-state index is 12.6. The van der Waals surface area contributed by atoms with Crippen molar-refractivity contribution in [2.75, 3.05) is 33.7 Å². The second-order valence-corrected chi connectivity index (χ2v) is 6.03. The number of carbonyl (C=O) groups excluding carboxylic acids is 1. The number of carbonyl (C=O) groups is 2. The number of carboxylic acid groups (broad SMARTS) is 1. The van der Waals surface area contributed by atoms with E-state index in [4.69, 9.17) is 0 Å². The summed E-state index contributed by atoms with van der Waals surface area (Å²) in [5, 5.41) is 9.28. The number of rotatable bonds is 2. The smallest absolute Gasteiger partial charge is 0.326 e. The SMILES string of the molecule is CN(C)C1CCCN(C(=O)N2CCCCC2C(=O)O)C1. The molecule has 6 heteroatoms. The van der Waals surface area contributed by atoms with Gasteiger partial charge in [-0.2, -0.15) is 0 Å². The summed E-state index contributed by atoms with van der Waals surface area (Å²) in [5.74, 6) is -0.876. The van der Waals surface area contributed by atoms with E-state index in [-0.39, 0.29) is 6.03 Å². The molecule has 2 fully saturated rings. The van der Waals surface area contributed by atoms with Crippen molar-refractivity contribution < 1.29 is 14.7 Å². The zero-order valence-corrected chi connectivity index (χ0v) is 12.4. The molecule has 0 radical (unpaired) electrons. The third-order valence-corrected chi connectivity index (χ3v) is 4.43. The first kappa shape index (κ1) is 15.1. The van der Waals surface area contributed by atoms with Gasteiger partial charge in [-0.25, -0.2) is 9.59 Å². The molecule has 0 aliphatic carbocycles. The van der Waals surface area contributed by atoms with Crippen molar-refractivity contribution in [2.24, 2.45) is 0 Å². The lowest BCUT2D eigenvalue weighted by Gasteiger charge is -2.41. The van der Waals surface area contributed by atoms with Crippen molar-refractivity contribution in [3.8, 4) is 0 Å². The molecular weight excluding hydrogens is 258 g/mol. The van der Waals surface area contributed by atoms with Crippen LogP contribution in [0, 0.1) is 0 Å². The summed E-state index contributed by atoms with van der Waals surface area (Å²) in [7, 11) is 4.05. The minimum atomic E-state index is -0.876. The van der Waals surface area contributed by atoms with Crippen LogP contribution in [0.4, 0.5) is 4.79 Å². The third-order valence-electron chi connectivity index (χ3n) is 4.43. The fourth-order valence-electron chi connectivity index (χ4n) is 3.15. The summed E-state index contributed by atoms with van der Waals surface area (Å²) in [4.78, 5) is 29.4. The van der Waals surface area contributed by atoms with Gasteiger partial charge in [0.25, 0.3) is 0 Å². The van der Waals surface area contributed by atoms with E-state index in [0.717, 1.165) is 32.2 Å². The van der Waals surface area contributed by atoms with Gasteiger partial charge in [0.05, 0.1) is 0 Å². The van der Waals surface area contributed by atoms with Crippen LogP contribution in [0.2, 0.25) is 0 Å². The van der Waals surface area contributed by atoms with Gasteiger partial charge < -0.3 is 19.8 Å². The van der Waals surface area contributed by atoms with E-state index >= 15 is 0 Å². The van der Waals surface area contributed by atoms with Crippen molar-refractivity contribution in [2.45, 2.75) is 44.2 Å². The molecule has 2 aliphatic heterocycles. The number of likely N-dealkylation sites (tertiary alicyclic amines) is 2. The molecule has 2 aliphatic rings. The average molecular weight is 283 g/mol. The Balaban J connectivity index is 2.03. The van der Waals surface area contributed by atoms with E-state index in [1.54, 1.807) is 4.90 Å². The van der Waals surface area contributed by atoms with Crippen LogP contribution in [-0.4, -0.2) is 77.6 Å². The summed E-state index contributed by atoms with van der Waals surface area (Å²) >= 11 is 0. The number of aliphatic carboxylic acids is 1. The molecule has 2 unspecified atom stereocenters. The fourth-order valence-corrected chi connectivity index (χ4v) is 3.15. The number of urea groups is 1. The number of carboxylic acids is 1. The van der Waals surface area contributed by atoms with E-state index in [0.29, 0.717) is 25.6 Å². The highest BCUT2D eigenvalue weighted by molar-refractivity contribution is 5.83. The Morgan fingerprint density at radius 3 is 2.50 bits per heavy atom. The van der Waals surface area contributed by atoms with Crippen LogP contribution in [0.15, 0.2) is 0 Å². The lowest BCUT2D eigenvalue weighted by atomic mass is 10.0. The highest BCUT2D eigenvalue weighted by Crippen LogP contribution is 2.21. The number of hydrogen-bond acceptors (Lipinski definition) is 3. The first-order valence-electron chi connectivity index (χ1n) is 7.45. The van der Waals surface area contributed by atoms with E-state index < -0.39 is 12.0 Å². The van der Waals surface area contributed by atoms with Crippen LogP contribution >= 0.6 is 0 Å². The van der Waals surface area contributed by atoms with Gasteiger partial charge in [0.1, 0.15) is 6.04 Å². The molecule has 2 heterocycles. The zero-order valence-electron chi connectivity index (χ0n) is 12.4. The summed E-state index contributed by atoms with van der Waals surface area (Å²) in [6.45, 7) is 2.01. The van der Waals surface area contributed by atoms with Crippen molar-refractivity contribution in [1.29, 1.82) is 0 Å². The fraction of sp³-hybridized carbons (Fsp3) is 0.857. The van der Waals surface area contributed by atoms with Gasteiger partial charge in [0.15, 0.2) is 0 Å². The van der Waals surface area contributed by atoms with Gasteiger partial charge in [-0.3, -0.25) is 0 Å². The van der Waals surface area contributed by atoms with E-state index in [1.165, 1.54) is 0 Å². The third kappa shape index (κ3) is 3.23. The standard InChI is InChI=1S/C14H25N3O3/c1-15(2)11-6-5-8-16(10-11)14(20)17-9-4-3-7-12(17)13(18)19/h11-12H,3-10H2,1-2H3,(H,18,19). The molecule has 2 rings (SSSR count). The summed E-state index contributed by atoms with van der Waals surface area (Å²) in [6.07, 6.45) is 4.45. The first-order valence-corrected chi connectivity index (χ1v) is 7.45. The molecular formula is C14H25N3O3. The molecule has 0 aromatic carbocycles. The second-order valence-electron chi connectivity index (χ2n) is 6.03. The van der Waals surface area contributed by atoms with Crippen molar-refractivity contribution in [3.63, 3.8) is 0 Å².